The number of para-hydroxylation sites is 2. The average molecular weight is 809 g/mol. The molecule has 300 valence electrons. The second-order valence-corrected chi connectivity index (χ2v) is 17.7. The van der Waals surface area contributed by atoms with E-state index < -0.39 is 0 Å². The summed E-state index contributed by atoms with van der Waals surface area (Å²) >= 11 is 0. The zero-order chi connectivity index (χ0) is 41.4. The largest absolute Gasteiger partial charge is 0.456 e. The van der Waals surface area contributed by atoms with Crippen LogP contribution in [0, 0.1) is 0 Å². The molecule has 2 unspecified atom stereocenters. The highest BCUT2D eigenvalue weighted by molar-refractivity contribution is 6.07. The Morgan fingerprint density at radius 3 is 1.87 bits per heavy atom. The van der Waals surface area contributed by atoms with E-state index in [2.05, 4.69) is 194 Å². The molecule has 63 heavy (non-hydrogen) atoms. The molecule has 11 aromatic rings. The minimum Gasteiger partial charge on any atom is -0.456 e. The minimum absolute atomic E-state index is 0.181. The molecule has 2 aliphatic rings. The molecule has 0 saturated heterocycles. The van der Waals surface area contributed by atoms with Crippen molar-refractivity contribution in [2.75, 3.05) is 0 Å². The molecule has 0 aliphatic heterocycles. The predicted molar refractivity (Wildman–Crippen MR) is 261 cm³/mol. The first kappa shape index (κ1) is 36.3. The van der Waals surface area contributed by atoms with Crippen LogP contribution in [0.3, 0.4) is 0 Å². The number of fused-ring (bicyclic) bond motifs is 13. The first-order chi connectivity index (χ1) is 31.2. The third kappa shape index (κ3) is 6.00. The molecule has 2 atom stereocenters. The Kier molecular flexibility index (Phi) is 8.40. The molecule has 0 N–H and O–H groups in total. The van der Waals surface area contributed by atoms with Gasteiger partial charge in [-0.25, -0.2) is 0 Å². The highest BCUT2D eigenvalue weighted by Gasteiger charge is 2.33. The van der Waals surface area contributed by atoms with Crippen molar-refractivity contribution < 1.29 is 8.83 Å². The quantitative estimate of drug-likeness (QED) is 0.173. The lowest BCUT2D eigenvalue weighted by molar-refractivity contribution is 0.628. The molecule has 0 saturated carbocycles. The Morgan fingerprint density at radius 2 is 1.02 bits per heavy atom. The molecule has 2 heterocycles. The summed E-state index contributed by atoms with van der Waals surface area (Å²) in [6.45, 7) is 0. The van der Waals surface area contributed by atoms with Gasteiger partial charge in [-0.05, 0) is 152 Å². The highest BCUT2D eigenvalue weighted by atomic mass is 16.3. The normalized spacial score (nSPS) is 15.7. The Morgan fingerprint density at radius 1 is 0.381 bits per heavy atom. The fourth-order valence-corrected chi connectivity index (χ4v) is 11.3. The zero-order valence-corrected chi connectivity index (χ0v) is 35.0. The van der Waals surface area contributed by atoms with Crippen LogP contribution in [0.5, 0.6) is 0 Å². The fraction of sp³-hybridized carbons (Fsp3) is 0.115. The smallest absolute Gasteiger partial charge is 0.136 e. The second kappa shape index (κ2) is 14.6. The van der Waals surface area contributed by atoms with Crippen LogP contribution in [0.2, 0.25) is 0 Å². The molecule has 0 bridgehead atoms. The van der Waals surface area contributed by atoms with Crippen LogP contribution in [-0.2, 0) is 19.3 Å². The minimum atomic E-state index is 0.181. The zero-order valence-electron chi connectivity index (χ0n) is 35.0. The Labute approximate surface area is 367 Å². The maximum absolute atomic E-state index is 6.54. The molecule has 0 fully saturated rings. The van der Waals surface area contributed by atoms with Crippen molar-refractivity contribution in [3.05, 3.63) is 228 Å². The summed E-state index contributed by atoms with van der Waals surface area (Å²) < 4.78 is 12.9. The van der Waals surface area contributed by atoms with Crippen molar-refractivity contribution in [1.29, 1.82) is 0 Å². The van der Waals surface area contributed by atoms with E-state index in [1.165, 1.54) is 88.7 Å². The standard InChI is InChI=1S/C61H44O2/c1-2-11-39(12-3-1)40-23-21-38(22-24-40)35-43-26-25-41-13-4-5-15-47(41)60-49(43)32-33-53-46(44-29-34-57-54(36-44)51-17-7-9-20-56(51)62-57)30-27-42-14-10-18-48(59(42)61(53)60)45-28-31-52-50-16-6-8-19-55(50)63-58(52)37-45/h1-24,28-29,31-34,36-37,43,46H,25-27,30,35H2. The summed E-state index contributed by atoms with van der Waals surface area (Å²) in [5.74, 6) is 0.527. The van der Waals surface area contributed by atoms with E-state index in [1.54, 1.807) is 0 Å². The third-order valence-corrected chi connectivity index (χ3v) is 14.3. The van der Waals surface area contributed by atoms with E-state index in [4.69, 9.17) is 8.83 Å². The number of aryl methyl sites for hydroxylation is 2. The van der Waals surface area contributed by atoms with Crippen LogP contribution in [0.1, 0.15) is 58.1 Å². The lowest BCUT2D eigenvalue weighted by Crippen LogP contribution is -2.08. The fourth-order valence-electron chi connectivity index (χ4n) is 11.3. The summed E-state index contributed by atoms with van der Waals surface area (Å²) in [5, 5.41) is 4.67. The first-order valence-corrected chi connectivity index (χ1v) is 22.6. The summed E-state index contributed by atoms with van der Waals surface area (Å²) in [6.07, 6.45) is 5.09. The van der Waals surface area contributed by atoms with E-state index in [9.17, 15) is 0 Å². The molecule has 0 radical (unpaired) electrons. The third-order valence-electron chi connectivity index (χ3n) is 14.3. The summed E-state index contributed by atoms with van der Waals surface area (Å²) in [4.78, 5) is 0. The van der Waals surface area contributed by atoms with Crippen molar-refractivity contribution in [2.45, 2.75) is 43.9 Å². The van der Waals surface area contributed by atoms with Gasteiger partial charge in [-0.3, -0.25) is 0 Å². The summed E-state index contributed by atoms with van der Waals surface area (Å²) in [5.41, 5.74) is 22.6. The maximum Gasteiger partial charge on any atom is 0.136 e. The molecule has 2 nitrogen and oxygen atoms in total. The van der Waals surface area contributed by atoms with Crippen LogP contribution in [-0.4, -0.2) is 0 Å². The van der Waals surface area contributed by atoms with E-state index in [1.807, 2.05) is 0 Å². The van der Waals surface area contributed by atoms with Crippen molar-refractivity contribution >= 4 is 43.9 Å². The molecule has 0 amide bonds. The van der Waals surface area contributed by atoms with Gasteiger partial charge >= 0.3 is 0 Å². The van der Waals surface area contributed by atoms with Gasteiger partial charge < -0.3 is 8.83 Å². The molecule has 2 aromatic heterocycles. The van der Waals surface area contributed by atoms with Gasteiger partial charge in [-0.15, -0.1) is 0 Å². The van der Waals surface area contributed by atoms with Crippen LogP contribution >= 0.6 is 0 Å². The van der Waals surface area contributed by atoms with E-state index in [0.717, 1.165) is 65.2 Å². The summed E-state index contributed by atoms with van der Waals surface area (Å²) in [7, 11) is 0. The van der Waals surface area contributed by atoms with Crippen molar-refractivity contribution in [1.82, 2.24) is 0 Å². The molecular formula is C61H44O2. The van der Waals surface area contributed by atoms with Crippen LogP contribution < -0.4 is 0 Å². The molecule has 13 rings (SSSR count). The van der Waals surface area contributed by atoms with E-state index in [-0.39, 0.29) is 5.92 Å². The Balaban J connectivity index is 1.04. The van der Waals surface area contributed by atoms with Crippen LogP contribution in [0.25, 0.3) is 88.4 Å². The molecule has 9 aromatic carbocycles. The number of hydrogen-bond acceptors (Lipinski definition) is 2. The van der Waals surface area contributed by atoms with Crippen molar-refractivity contribution in [3.63, 3.8) is 0 Å². The lowest BCUT2D eigenvalue weighted by Gasteiger charge is -2.27. The highest BCUT2D eigenvalue weighted by Crippen LogP contribution is 2.54. The summed E-state index contributed by atoms with van der Waals surface area (Å²) in [6, 6.07) is 72.0. The van der Waals surface area contributed by atoms with Gasteiger partial charge in [0.05, 0.1) is 0 Å². The van der Waals surface area contributed by atoms with Gasteiger partial charge in [0.15, 0.2) is 0 Å². The molecule has 0 spiro atoms. The first-order valence-electron chi connectivity index (χ1n) is 22.6. The Hall–Kier alpha value is -7.42. The topological polar surface area (TPSA) is 26.3 Å². The number of rotatable bonds is 5. The van der Waals surface area contributed by atoms with Gasteiger partial charge in [-0.1, -0.05) is 158 Å². The number of furan rings is 2. The van der Waals surface area contributed by atoms with E-state index in [0.29, 0.717) is 5.92 Å². The van der Waals surface area contributed by atoms with Gasteiger partial charge in [-0.2, -0.15) is 0 Å². The number of benzene rings is 9. The average Bonchev–Trinajstić information content (AvgIpc) is 3.80. The van der Waals surface area contributed by atoms with Crippen molar-refractivity contribution in [2.24, 2.45) is 0 Å². The van der Waals surface area contributed by atoms with Crippen LogP contribution in [0.4, 0.5) is 0 Å². The van der Waals surface area contributed by atoms with E-state index >= 15 is 0 Å². The number of hydrogen-bond donors (Lipinski definition) is 0. The van der Waals surface area contributed by atoms with Crippen molar-refractivity contribution in [3.8, 4) is 44.5 Å². The molecule has 2 aliphatic carbocycles. The van der Waals surface area contributed by atoms with Gasteiger partial charge in [0.2, 0.25) is 0 Å². The molecular weight excluding hydrogens is 765 g/mol. The predicted octanol–water partition coefficient (Wildman–Crippen LogP) is 16.5. The van der Waals surface area contributed by atoms with Crippen LogP contribution in [0.15, 0.2) is 203 Å². The SMILES string of the molecule is c1ccc(-c2ccc(CC3CCc4ccccc4-c4c3ccc3c4-c4c(cccc4-c4ccc5c(c4)oc4ccccc45)CCC3c3ccc4oc5ccccc5c4c3)cc2)cc1. The lowest BCUT2D eigenvalue weighted by atomic mass is 9.76. The monoisotopic (exact) mass is 808 g/mol. The van der Waals surface area contributed by atoms with Gasteiger partial charge in [0.25, 0.3) is 0 Å². The van der Waals surface area contributed by atoms with Gasteiger partial charge in [0, 0.05) is 27.5 Å². The second-order valence-electron chi connectivity index (χ2n) is 17.7. The maximum atomic E-state index is 6.54. The van der Waals surface area contributed by atoms with Gasteiger partial charge in [0.1, 0.15) is 22.3 Å². The molecule has 2 heteroatoms. The Bertz CT molecular complexity index is 3550.